The third-order valence-corrected chi connectivity index (χ3v) is 2.85. The molecule has 0 atom stereocenters. The van der Waals surface area contributed by atoms with E-state index in [0.29, 0.717) is 26.2 Å². The fourth-order valence-electron chi connectivity index (χ4n) is 1.84. The number of aliphatic hydroxyl groups excluding tert-OH is 1. The summed E-state index contributed by atoms with van der Waals surface area (Å²) in [6, 6.07) is 4.81. The first-order valence-electron chi connectivity index (χ1n) is 6.18. The van der Waals surface area contributed by atoms with Crippen LogP contribution in [0.4, 0.5) is 11.4 Å². The summed E-state index contributed by atoms with van der Waals surface area (Å²) in [6.07, 6.45) is 0. The lowest BCUT2D eigenvalue weighted by Crippen LogP contribution is -2.29. The van der Waals surface area contributed by atoms with Gasteiger partial charge in [0.1, 0.15) is 5.69 Å². The van der Waals surface area contributed by atoms with Crippen molar-refractivity contribution in [2.24, 2.45) is 5.84 Å². The van der Waals surface area contributed by atoms with E-state index < -0.39 is 4.92 Å². The molecule has 0 fully saturated rings. The summed E-state index contributed by atoms with van der Waals surface area (Å²) < 4.78 is 5.00. The second-order valence-electron chi connectivity index (χ2n) is 4.25. The van der Waals surface area contributed by atoms with Gasteiger partial charge in [-0.15, -0.1) is 0 Å². The van der Waals surface area contributed by atoms with Gasteiger partial charge in [0.05, 0.1) is 18.1 Å². The lowest BCUT2D eigenvalue weighted by atomic mass is 10.1. The van der Waals surface area contributed by atoms with Crippen LogP contribution in [0.1, 0.15) is 5.56 Å². The normalized spacial score (nSPS) is 10.8. The van der Waals surface area contributed by atoms with Crippen LogP contribution in [0.5, 0.6) is 0 Å². The number of nitro groups is 1. The summed E-state index contributed by atoms with van der Waals surface area (Å²) in [5, 5.41) is 20.0. The molecule has 0 aromatic heterocycles. The zero-order valence-corrected chi connectivity index (χ0v) is 11.4. The molecule has 0 bridgehead atoms. The molecule has 8 nitrogen and oxygen atoms in total. The number of benzene rings is 1. The van der Waals surface area contributed by atoms with Crippen LogP contribution < -0.4 is 11.3 Å². The summed E-state index contributed by atoms with van der Waals surface area (Å²) in [4.78, 5) is 12.4. The Bertz CT molecular complexity index is 441. The quantitative estimate of drug-likeness (QED) is 0.340. The number of rotatable bonds is 9. The molecule has 0 unspecified atom stereocenters. The molecule has 4 N–H and O–H groups in total. The van der Waals surface area contributed by atoms with Crippen LogP contribution in [0.3, 0.4) is 0 Å². The van der Waals surface area contributed by atoms with Crippen molar-refractivity contribution >= 4 is 11.4 Å². The number of aliphatic hydroxyl groups is 1. The van der Waals surface area contributed by atoms with Gasteiger partial charge in [-0.2, -0.15) is 0 Å². The lowest BCUT2D eigenvalue weighted by molar-refractivity contribution is -0.384. The smallest absolute Gasteiger partial charge is 0.293 e. The number of nitrogens with one attached hydrogen (secondary N) is 1. The van der Waals surface area contributed by atoms with Crippen LogP contribution in [0.2, 0.25) is 0 Å². The third kappa shape index (κ3) is 4.74. The summed E-state index contributed by atoms with van der Waals surface area (Å²) in [5.74, 6) is 5.24. The van der Waals surface area contributed by atoms with Crippen LogP contribution >= 0.6 is 0 Å². The summed E-state index contributed by atoms with van der Waals surface area (Å²) in [7, 11) is 1.60. The number of anilines is 1. The molecule has 0 radical (unpaired) electrons. The first kappa shape index (κ1) is 16.3. The van der Waals surface area contributed by atoms with Crippen LogP contribution in [-0.2, 0) is 11.3 Å². The van der Waals surface area contributed by atoms with E-state index in [9.17, 15) is 10.1 Å². The van der Waals surface area contributed by atoms with E-state index in [2.05, 4.69) is 5.43 Å². The van der Waals surface area contributed by atoms with E-state index in [1.165, 1.54) is 6.07 Å². The Morgan fingerprint density at radius 1 is 1.50 bits per heavy atom. The number of nitro benzene ring substituents is 1. The summed E-state index contributed by atoms with van der Waals surface area (Å²) in [5.41, 5.74) is 3.28. The predicted molar refractivity (Wildman–Crippen MR) is 75.1 cm³/mol. The number of nitrogens with zero attached hydrogens (tertiary/aromatic N) is 2. The number of nitrogen functional groups attached to an aromatic ring is 1. The maximum Gasteiger partial charge on any atom is 0.293 e. The number of methoxy groups -OCH3 is 1. The number of hydrazine groups is 1. The van der Waals surface area contributed by atoms with E-state index in [-0.39, 0.29) is 18.0 Å². The van der Waals surface area contributed by atoms with Gasteiger partial charge >= 0.3 is 0 Å². The highest BCUT2D eigenvalue weighted by Crippen LogP contribution is 2.25. The average Bonchev–Trinajstić information content (AvgIpc) is 2.44. The highest BCUT2D eigenvalue weighted by Gasteiger charge is 2.15. The standard InChI is InChI=1S/C12H20N4O4/c1-20-7-5-15(4-6-17)9-10-2-3-11(14-13)12(8-10)16(18)19/h2-3,8,14,17H,4-7,9,13H2,1H3. The Morgan fingerprint density at radius 3 is 2.80 bits per heavy atom. The zero-order valence-electron chi connectivity index (χ0n) is 11.4. The molecule has 0 amide bonds. The van der Waals surface area contributed by atoms with Crippen molar-refractivity contribution in [2.45, 2.75) is 6.54 Å². The van der Waals surface area contributed by atoms with Gasteiger partial charge in [0, 0.05) is 32.8 Å². The predicted octanol–water partition coefficient (Wildman–Crippen LogP) is 0.321. The SMILES string of the molecule is COCCN(CCO)Cc1ccc(NN)c([N+](=O)[O-])c1. The molecular weight excluding hydrogens is 264 g/mol. The number of ether oxygens (including phenoxy) is 1. The van der Waals surface area contributed by atoms with Crippen LogP contribution in [0.25, 0.3) is 0 Å². The summed E-state index contributed by atoms with van der Waals surface area (Å²) in [6.45, 7) is 2.17. The first-order valence-corrected chi connectivity index (χ1v) is 6.18. The van der Waals surface area contributed by atoms with Crippen molar-refractivity contribution < 1.29 is 14.8 Å². The van der Waals surface area contributed by atoms with E-state index in [1.807, 2.05) is 4.90 Å². The first-order chi connectivity index (χ1) is 9.62. The highest BCUT2D eigenvalue weighted by molar-refractivity contribution is 5.61. The van der Waals surface area contributed by atoms with E-state index in [1.54, 1.807) is 19.2 Å². The maximum atomic E-state index is 11.0. The Morgan fingerprint density at radius 2 is 2.25 bits per heavy atom. The van der Waals surface area contributed by atoms with Gasteiger partial charge in [0.15, 0.2) is 0 Å². The van der Waals surface area contributed by atoms with E-state index in [4.69, 9.17) is 15.7 Å². The van der Waals surface area contributed by atoms with Crippen LogP contribution in [0.15, 0.2) is 18.2 Å². The molecule has 0 aliphatic rings. The molecule has 0 aliphatic carbocycles. The average molecular weight is 284 g/mol. The van der Waals surface area contributed by atoms with Gasteiger partial charge in [0.25, 0.3) is 5.69 Å². The fourth-order valence-corrected chi connectivity index (χ4v) is 1.84. The maximum absolute atomic E-state index is 11.0. The minimum absolute atomic E-state index is 0.0221. The molecule has 0 aliphatic heterocycles. The van der Waals surface area contributed by atoms with Crippen molar-refractivity contribution in [2.75, 3.05) is 38.8 Å². The Labute approximate surface area is 117 Å². The minimum Gasteiger partial charge on any atom is -0.395 e. The Hall–Kier alpha value is -1.74. The van der Waals surface area contributed by atoms with E-state index >= 15 is 0 Å². The molecule has 20 heavy (non-hydrogen) atoms. The van der Waals surface area contributed by atoms with Crippen molar-refractivity contribution in [3.63, 3.8) is 0 Å². The second kappa shape index (κ2) is 8.43. The van der Waals surface area contributed by atoms with Gasteiger partial charge in [0.2, 0.25) is 0 Å². The molecule has 8 heteroatoms. The minimum atomic E-state index is -0.482. The lowest BCUT2D eigenvalue weighted by Gasteiger charge is -2.21. The van der Waals surface area contributed by atoms with Gasteiger partial charge in [-0.25, -0.2) is 0 Å². The van der Waals surface area contributed by atoms with Gasteiger partial charge in [-0.1, -0.05) is 6.07 Å². The van der Waals surface area contributed by atoms with Crippen molar-refractivity contribution in [1.82, 2.24) is 4.90 Å². The highest BCUT2D eigenvalue weighted by atomic mass is 16.6. The van der Waals surface area contributed by atoms with Gasteiger partial charge in [-0.3, -0.25) is 20.9 Å². The second-order valence-corrected chi connectivity index (χ2v) is 4.25. The third-order valence-electron chi connectivity index (χ3n) is 2.85. The van der Waals surface area contributed by atoms with Gasteiger partial charge in [-0.05, 0) is 11.6 Å². The van der Waals surface area contributed by atoms with E-state index in [0.717, 1.165) is 5.56 Å². The van der Waals surface area contributed by atoms with Crippen molar-refractivity contribution in [3.8, 4) is 0 Å². The Balaban J connectivity index is 2.84. The van der Waals surface area contributed by atoms with Crippen LogP contribution in [-0.4, -0.2) is 48.3 Å². The number of hydrogen-bond acceptors (Lipinski definition) is 7. The van der Waals surface area contributed by atoms with Crippen molar-refractivity contribution in [3.05, 3.63) is 33.9 Å². The largest absolute Gasteiger partial charge is 0.395 e. The topological polar surface area (TPSA) is 114 Å². The molecule has 0 spiro atoms. The molecule has 0 saturated heterocycles. The molecule has 1 aromatic carbocycles. The molecule has 0 heterocycles. The molecule has 1 aromatic rings. The number of hydrogen-bond donors (Lipinski definition) is 3. The molecule has 112 valence electrons. The molecular formula is C12H20N4O4. The fraction of sp³-hybridized carbons (Fsp3) is 0.500. The van der Waals surface area contributed by atoms with Gasteiger partial charge < -0.3 is 15.3 Å². The van der Waals surface area contributed by atoms with Crippen molar-refractivity contribution in [1.29, 1.82) is 0 Å². The Kier molecular flexibility index (Phi) is 6.88. The molecule has 1 rings (SSSR count). The summed E-state index contributed by atoms with van der Waals surface area (Å²) >= 11 is 0. The van der Waals surface area contributed by atoms with Crippen LogP contribution in [0, 0.1) is 10.1 Å². The molecule has 0 saturated carbocycles. The number of nitrogens with two attached hydrogens (primary N) is 1. The zero-order chi connectivity index (χ0) is 15.0. The monoisotopic (exact) mass is 284 g/mol.